The summed E-state index contributed by atoms with van der Waals surface area (Å²) in [6, 6.07) is 15.3. The maximum absolute atomic E-state index is 13.3. The van der Waals surface area contributed by atoms with Crippen molar-refractivity contribution in [2.24, 2.45) is 0 Å². The number of esters is 2. The van der Waals surface area contributed by atoms with Crippen LogP contribution in [-0.4, -0.2) is 76.0 Å². The molecule has 20 nitrogen and oxygen atoms in total. The Balaban J connectivity index is 1.51. The van der Waals surface area contributed by atoms with Crippen LogP contribution in [0.4, 0.5) is 5.82 Å². The van der Waals surface area contributed by atoms with Crippen molar-refractivity contribution in [2.45, 2.75) is 24.5 Å². The Morgan fingerprint density at radius 1 is 0.809 bits per heavy atom. The van der Waals surface area contributed by atoms with Gasteiger partial charge in [0.2, 0.25) is 0 Å². The number of hydrogen-bond acceptors (Lipinski definition) is 15. The van der Waals surface area contributed by atoms with E-state index >= 15 is 0 Å². The molecule has 250 valence electrons. The first-order chi connectivity index (χ1) is 22.1. The molecule has 0 spiro atoms. The number of phosphoric acid groups is 3. The molecule has 0 saturated carbocycles. The van der Waals surface area contributed by atoms with Gasteiger partial charge in [-0.1, -0.05) is 36.4 Å². The number of phosphoric ester groups is 1. The number of aromatic nitrogens is 4. The summed E-state index contributed by atoms with van der Waals surface area (Å²) in [6.45, 7) is -1.06. The number of anilines is 1. The van der Waals surface area contributed by atoms with E-state index in [1.165, 1.54) is 35.2 Å². The first kappa shape index (κ1) is 34.4. The molecule has 1 saturated heterocycles. The first-order valence-corrected chi connectivity index (χ1v) is 17.5. The lowest BCUT2D eigenvalue weighted by atomic mass is 10.1. The van der Waals surface area contributed by atoms with E-state index in [2.05, 4.69) is 23.6 Å². The molecule has 1 aliphatic heterocycles. The lowest BCUT2D eigenvalue weighted by molar-refractivity contribution is -0.0559. The van der Waals surface area contributed by atoms with Gasteiger partial charge in [0.25, 0.3) is 0 Å². The third-order valence-corrected chi connectivity index (χ3v) is 10.1. The molecule has 0 radical (unpaired) electrons. The number of benzene rings is 2. The SMILES string of the molecule is Nc1ncnc2c1ncn2[C@H]1O[C@H](COP(=O)(O)OP(=O)(O)OP(=O)(O)O)[C@@H](OC(=O)c2ccccc2)[C@H]1OC(=O)c1ccccc1. The third-order valence-electron chi connectivity index (χ3n) is 6.27. The van der Waals surface area contributed by atoms with Gasteiger partial charge in [0.15, 0.2) is 29.9 Å². The predicted octanol–water partition coefficient (Wildman–Crippen LogP) is 2.10. The largest absolute Gasteiger partial charge is 0.490 e. The van der Waals surface area contributed by atoms with E-state index < -0.39 is 66.6 Å². The fourth-order valence-electron chi connectivity index (χ4n) is 4.39. The molecule has 2 aromatic carbocycles. The van der Waals surface area contributed by atoms with Crippen LogP contribution in [0, 0.1) is 0 Å². The van der Waals surface area contributed by atoms with Gasteiger partial charge in [0.1, 0.15) is 17.9 Å². The standard InChI is InChI=1S/C24H24N5O15P3/c25-20-17-21(27-12-26-20)29(13-28-17)22-19(42-24(31)15-9-5-2-6-10-15)18(41-23(30)14-7-3-1-4-8-14)16(40-22)11-39-46(35,36)44-47(37,38)43-45(32,33)34/h1-10,12-13,16,18-19,22H,11H2,(H,35,36)(H,37,38)(H2,25,26,27)(H2,32,33,34)/t16-,18-,19-,22+/m1/s1. The Bertz CT molecular complexity index is 1910. The normalized spacial score (nSPS) is 22.3. The topological polar surface area (TPSA) is 291 Å². The van der Waals surface area contributed by atoms with Gasteiger partial charge in [-0.3, -0.25) is 9.09 Å². The average molecular weight is 715 g/mol. The van der Waals surface area contributed by atoms with Crippen LogP contribution in [0.5, 0.6) is 0 Å². The molecule has 0 amide bonds. The van der Waals surface area contributed by atoms with E-state index in [0.29, 0.717) is 0 Å². The molecular formula is C24H24N5O15P3. The minimum Gasteiger partial charge on any atom is -0.452 e. The van der Waals surface area contributed by atoms with Crippen LogP contribution in [0.25, 0.3) is 11.2 Å². The second-order valence-corrected chi connectivity index (χ2v) is 13.9. The minimum atomic E-state index is -5.86. The van der Waals surface area contributed by atoms with Crippen LogP contribution in [0.15, 0.2) is 73.3 Å². The highest BCUT2D eigenvalue weighted by Crippen LogP contribution is 2.66. The molecule has 47 heavy (non-hydrogen) atoms. The zero-order chi connectivity index (χ0) is 34.0. The van der Waals surface area contributed by atoms with Crippen molar-refractivity contribution in [1.29, 1.82) is 0 Å². The summed E-state index contributed by atoms with van der Waals surface area (Å²) in [6.07, 6.45) is -3.85. The van der Waals surface area contributed by atoms with E-state index in [0.717, 1.165) is 6.33 Å². The lowest BCUT2D eigenvalue weighted by Crippen LogP contribution is -2.41. The van der Waals surface area contributed by atoms with Crippen molar-refractivity contribution in [2.75, 3.05) is 12.3 Å². The molecule has 6 N–H and O–H groups in total. The highest BCUT2D eigenvalue weighted by Gasteiger charge is 2.52. The van der Waals surface area contributed by atoms with Crippen molar-refractivity contribution in [3.63, 3.8) is 0 Å². The monoisotopic (exact) mass is 715 g/mol. The molecule has 1 fully saturated rings. The van der Waals surface area contributed by atoms with E-state index in [1.807, 2.05) is 0 Å². The smallest absolute Gasteiger partial charge is 0.452 e. The van der Waals surface area contributed by atoms with Crippen LogP contribution in [-0.2, 0) is 41.1 Å². The van der Waals surface area contributed by atoms with Crippen LogP contribution in [0.1, 0.15) is 26.9 Å². The van der Waals surface area contributed by atoms with Gasteiger partial charge < -0.3 is 39.5 Å². The summed E-state index contributed by atoms with van der Waals surface area (Å²) in [7, 11) is -17.2. The summed E-state index contributed by atoms with van der Waals surface area (Å²) < 4.78 is 66.4. The van der Waals surface area contributed by atoms with Crippen molar-refractivity contribution in [3.8, 4) is 0 Å². The number of nitrogens with zero attached hydrogens (tertiary/aromatic N) is 4. The van der Waals surface area contributed by atoms with Crippen molar-refractivity contribution in [1.82, 2.24) is 19.5 Å². The van der Waals surface area contributed by atoms with Gasteiger partial charge in [0, 0.05) is 0 Å². The summed E-state index contributed by atoms with van der Waals surface area (Å²) in [5.74, 6) is -1.84. The van der Waals surface area contributed by atoms with E-state index in [4.69, 9.17) is 34.3 Å². The summed E-state index contributed by atoms with van der Waals surface area (Å²) in [5.41, 5.74) is 6.28. The number of ether oxygens (including phenoxy) is 3. The van der Waals surface area contributed by atoms with Crippen LogP contribution in [0.3, 0.4) is 0 Å². The van der Waals surface area contributed by atoms with E-state index in [9.17, 15) is 33.1 Å². The van der Waals surface area contributed by atoms with Crippen molar-refractivity contribution >= 4 is 52.4 Å². The minimum absolute atomic E-state index is 0.0131. The average Bonchev–Trinajstić information content (AvgIpc) is 3.57. The molecule has 3 heterocycles. The molecule has 1 aliphatic rings. The predicted molar refractivity (Wildman–Crippen MR) is 155 cm³/mol. The van der Waals surface area contributed by atoms with Crippen LogP contribution < -0.4 is 5.73 Å². The highest BCUT2D eigenvalue weighted by molar-refractivity contribution is 7.66. The van der Waals surface area contributed by atoms with E-state index in [-0.39, 0.29) is 28.1 Å². The van der Waals surface area contributed by atoms with Gasteiger partial charge in [-0.2, -0.15) is 8.62 Å². The molecule has 2 unspecified atom stereocenters. The quantitative estimate of drug-likeness (QED) is 0.104. The maximum atomic E-state index is 13.3. The third kappa shape index (κ3) is 8.53. The molecule has 5 rings (SSSR count). The van der Waals surface area contributed by atoms with Gasteiger partial charge in [0.05, 0.1) is 24.1 Å². The number of imidazole rings is 1. The fraction of sp³-hybridized carbons (Fsp3) is 0.208. The second kappa shape index (κ2) is 13.7. The Morgan fingerprint density at radius 3 is 1.96 bits per heavy atom. The van der Waals surface area contributed by atoms with Gasteiger partial charge >= 0.3 is 35.4 Å². The van der Waals surface area contributed by atoms with Gasteiger partial charge in [-0.15, -0.1) is 0 Å². The maximum Gasteiger partial charge on any atom is 0.490 e. The number of fused-ring (bicyclic) bond motifs is 1. The van der Waals surface area contributed by atoms with Gasteiger partial charge in [-0.25, -0.2) is 38.2 Å². The summed E-state index contributed by atoms with van der Waals surface area (Å²) >= 11 is 0. The zero-order valence-corrected chi connectivity index (χ0v) is 26.1. The molecule has 23 heteroatoms. The highest BCUT2D eigenvalue weighted by atomic mass is 31.3. The number of carbonyl (C=O) groups is 2. The molecule has 0 bridgehead atoms. The second-order valence-electron chi connectivity index (χ2n) is 9.51. The number of nitrogen functional groups attached to an aromatic ring is 1. The zero-order valence-electron chi connectivity index (χ0n) is 23.4. The summed E-state index contributed by atoms with van der Waals surface area (Å²) in [4.78, 5) is 75.8. The van der Waals surface area contributed by atoms with Crippen molar-refractivity contribution < 1.29 is 70.2 Å². The number of carbonyl (C=O) groups excluding carboxylic acids is 2. The molecule has 4 aromatic rings. The Labute approximate surface area is 263 Å². The Morgan fingerprint density at radius 2 is 1.38 bits per heavy atom. The van der Waals surface area contributed by atoms with Crippen LogP contribution in [0.2, 0.25) is 0 Å². The molecular weight excluding hydrogens is 691 g/mol. The van der Waals surface area contributed by atoms with Crippen molar-refractivity contribution in [3.05, 3.63) is 84.4 Å². The lowest BCUT2D eigenvalue weighted by Gasteiger charge is -2.25. The Hall–Kier alpha value is -3.90. The van der Waals surface area contributed by atoms with E-state index in [1.54, 1.807) is 36.4 Å². The Kier molecular flexibility index (Phi) is 10.0. The fourth-order valence-corrected chi connectivity index (χ4v) is 7.42. The summed E-state index contributed by atoms with van der Waals surface area (Å²) in [5, 5.41) is 0. The number of hydrogen-bond donors (Lipinski definition) is 5. The number of rotatable bonds is 12. The molecule has 2 aromatic heterocycles. The number of nitrogens with two attached hydrogens (primary N) is 1. The molecule has 6 atom stereocenters. The first-order valence-electron chi connectivity index (χ1n) is 13.0. The van der Waals surface area contributed by atoms with Crippen LogP contribution >= 0.6 is 23.5 Å². The molecule has 0 aliphatic carbocycles. The van der Waals surface area contributed by atoms with Gasteiger partial charge in [-0.05, 0) is 24.3 Å².